The quantitative estimate of drug-likeness (QED) is 0.594. The van der Waals surface area contributed by atoms with Gasteiger partial charge >= 0.3 is 5.97 Å². The van der Waals surface area contributed by atoms with E-state index in [1.165, 1.54) is 7.11 Å². The fourth-order valence-corrected chi connectivity index (χ4v) is 2.53. The van der Waals surface area contributed by atoms with Crippen molar-refractivity contribution in [1.82, 2.24) is 14.8 Å². The van der Waals surface area contributed by atoms with Gasteiger partial charge in [-0.25, -0.2) is 4.79 Å². The van der Waals surface area contributed by atoms with Crippen LogP contribution in [0.4, 0.5) is 5.69 Å². The molecule has 0 bridgehead atoms. The summed E-state index contributed by atoms with van der Waals surface area (Å²) in [7, 11) is 3.16. The van der Waals surface area contributed by atoms with Gasteiger partial charge in [-0.15, -0.1) is 10.2 Å². The lowest BCUT2D eigenvalue weighted by atomic mass is 9.94. The summed E-state index contributed by atoms with van der Waals surface area (Å²) < 4.78 is 6.66. The summed E-state index contributed by atoms with van der Waals surface area (Å²) in [6.45, 7) is 0. The Kier molecular flexibility index (Phi) is 3.80. The standard InChI is InChI=1S/C17H16N4O2/c1-21-10-19-20-16(21)15-13(11-6-4-3-5-7-11)8-12(18)9-14(15)17(22)23-2/h3-10H,18H2,1-2H3. The van der Waals surface area contributed by atoms with Gasteiger partial charge in [-0.3, -0.25) is 0 Å². The topological polar surface area (TPSA) is 83.0 Å². The van der Waals surface area contributed by atoms with Crippen molar-refractivity contribution in [2.24, 2.45) is 7.05 Å². The summed E-state index contributed by atoms with van der Waals surface area (Å²) in [6, 6.07) is 13.1. The van der Waals surface area contributed by atoms with E-state index in [0.29, 0.717) is 22.6 Å². The maximum absolute atomic E-state index is 12.2. The number of methoxy groups -OCH3 is 1. The highest BCUT2D eigenvalue weighted by Crippen LogP contribution is 2.36. The Balaban J connectivity index is 2.37. The third-order valence-corrected chi connectivity index (χ3v) is 3.59. The largest absolute Gasteiger partial charge is 0.465 e. The van der Waals surface area contributed by atoms with E-state index in [0.717, 1.165) is 11.1 Å². The highest BCUT2D eigenvalue weighted by Gasteiger charge is 2.22. The van der Waals surface area contributed by atoms with Crippen molar-refractivity contribution >= 4 is 11.7 Å². The minimum Gasteiger partial charge on any atom is -0.465 e. The van der Waals surface area contributed by atoms with Gasteiger partial charge in [0.25, 0.3) is 0 Å². The number of nitrogens with two attached hydrogens (primary N) is 1. The molecule has 1 heterocycles. The van der Waals surface area contributed by atoms with Gasteiger partial charge in [-0.1, -0.05) is 30.3 Å². The van der Waals surface area contributed by atoms with Crippen molar-refractivity contribution in [3.05, 3.63) is 54.4 Å². The normalized spacial score (nSPS) is 10.5. The molecule has 0 aliphatic carbocycles. The van der Waals surface area contributed by atoms with Gasteiger partial charge in [0.2, 0.25) is 0 Å². The number of hydrogen-bond acceptors (Lipinski definition) is 5. The number of nitrogen functional groups attached to an aromatic ring is 1. The number of esters is 1. The van der Waals surface area contributed by atoms with Crippen LogP contribution in [0.1, 0.15) is 10.4 Å². The lowest BCUT2D eigenvalue weighted by Gasteiger charge is -2.14. The molecule has 0 saturated heterocycles. The Bertz CT molecular complexity index is 856. The highest BCUT2D eigenvalue weighted by molar-refractivity contribution is 6.02. The molecule has 6 nitrogen and oxygen atoms in total. The van der Waals surface area contributed by atoms with Crippen LogP contribution in [0.5, 0.6) is 0 Å². The molecular weight excluding hydrogens is 292 g/mol. The average molecular weight is 308 g/mol. The lowest BCUT2D eigenvalue weighted by molar-refractivity contribution is 0.0601. The molecule has 0 aliphatic heterocycles. The first-order chi connectivity index (χ1) is 11.1. The molecule has 0 fully saturated rings. The monoisotopic (exact) mass is 308 g/mol. The second-order valence-electron chi connectivity index (χ2n) is 5.11. The summed E-state index contributed by atoms with van der Waals surface area (Å²) in [5, 5.41) is 8.05. The zero-order chi connectivity index (χ0) is 16.4. The number of carbonyl (C=O) groups excluding carboxylic acids is 1. The molecule has 2 aromatic carbocycles. The fraction of sp³-hybridized carbons (Fsp3) is 0.118. The predicted molar refractivity (Wildman–Crippen MR) is 87.6 cm³/mol. The Labute approximate surface area is 133 Å². The molecule has 0 aliphatic rings. The van der Waals surface area contributed by atoms with Gasteiger partial charge < -0.3 is 15.0 Å². The minimum atomic E-state index is -0.465. The van der Waals surface area contributed by atoms with E-state index >= 15 is 0 Å². The number of anilines is 1. The Morgan fingerprint density at radius 2 is 1.96 bits per heavy atom. The molecule has 0 unspecified atom stereocenters. The van der Waals surface area contributed by atoms with E-state index in [9.17, 15) is 4.79 Å². The smallest absolute Gasteiger partial charge is 0.338 e. The van der Waals surface area contributed by atoms with Crippen LogP contribution in [0, 0.1) is 0 Å². The van der Waals surface area contributed by atoms with Crippen molar-refractivity contribution in [1.29, 1.82) is 0 Å². The van der Waals surface area contributed by atoms with Crippen molar-refractivity contribution in [3.8, 4) is 22.5 Å². The summed E-state index contributed by atoms with van der Waals surface area (Å²) >= 11 is 0. The summed E-state index contributed by atoms with van der Waals surface area (Å²) in [5.41, 5.74) is 9.24. The molecule has 0 spiro atoms. The lowest BCUT2D eigenvalue weighted by Crippen LogP contribution is -2.08. The molecule has 6 heteroatoms. The minimum absolute atomic E-state index is 0.363. The first kappa shape index (κ1) is 14.8. The number of aromatic nitrogens is 3. The molecule has 3 rings (SSSR count). The maximum Gasteiger partial charge on any atom is 0.338 e. The number of nitrogens with zero attached hydrogens (tertiary/aromatic N) is 3. The van der Waals surface area contributed by atoms with Gasteiger partial charge in [-0.05, 0) is 23.3 Å². The van der Waals surface area contributed by atoms with E-state index in [2.05, 4.69) is 10.2 Å². The van der Waals surface area contributed by atoms with E-state index in [-0.39, 0.29) is 0 Å². The van der Waals surface area contributed by atoms with E-state index in [1.54, 1.807) is 17.0 Å². The number of hydrogen-bond donors (Lipinski definition) is 1. The van der Waals surface area contributed by atoms with Crippen LogP contribution in [-0.4, -0.2) is 27.8 Å². The van der Waals surface area contributed by atoms with Gasteiger partial charge in [0.1, 0.15) is 6.33 Å². The molecule has 0 saturated carbocycles. The van der Waals surface area contributed by atoms with E-state index in [4.69, 9.17) is 10.5 Å². The Morgan fingerprint density at radius 3 is 2.57 bits per heavy atom. The zero-order valence-electron chi connectivity index (χ0n) is 12.9. The van der Waals surface area contributed by atoms with E-state index in [1.807, 2.05) is 43.4 Å². The third-order valence-electron chi connectivity index (χ3n) is 3.59. The zero-order valence-corrected chi connectivity index (χ0v) is 12.9. The number of ether oxygens (including phenoxy) is 1. The SMILES string of the molecule is COC(=O)c1cc(N)cc(-c2ccccc2)c1-c1nncn1C. The molecule has 116 valence electrons. The summed E-state index contributed by atoms with van der Waals surface area (Å²) in [6.07, 6.45) is 1.58. The van der Waals surface area contributed by atoms with Crippen LogP contribution in [0.25, 0.3) is 22.5 Å². The molecule has 1 aromatic heterocycles. The first-order valence-electron chi connectivity index (χ1n) is 7.03. The summed E-state index contributed by atoms with van der Waals surface area (Å²) in [5.74, 6) is 0.108. The van der Waals surface area contributed by atoms with Crippen LogP contribution >= 0.6 is 0 Å². The van der Waals surface area contributed by atoms with Gasteiger partial charge in [-0.2, -0.15) is 0 Å². The average Bonchev–Trinajstić information content (AvgIpc) is 3.00. The van der Waals surface area contributed by atoms with Crippen LogP contribution in [0.15, 0.2) is 48.8 Å². The van der Waals surface area contributed by atoms with Gasteiger partial charge in [0.05, 0.1) is 12.7 Å². The van der Waals surface area contributed by atoms with Gasteiger partial charge in [0, 0.05) is 18.3 Å². The fourth-order valence-electron chi connectivity index (χ4n) is 2.53. The number of carbonyl (C=O) groups is 1. The van der Waals surface area contributed by atoms with Crippen LogP contribution in [-0.2, 0) is 11.8 Å². The van der Waals surface area contributed by atoms with Crippen molar-refractivity contribution in [3.63, 3.8) is 0 Å². The molecule has 0 atom stereocenters. The van der Waals surface area contributed by atoms with Gasteiger partial charge in [0.15, 0.2) is 5.82 Å². The second-order valence-corrected chi connectivity index (χ2v) is 5.11. The van der Waals surface area contributed by atoms with Crippen LogP contribution in [0.3, 0.4) is 0 Å². The molecule has 0 amide bonds. The third kappa shape index (κ3) is 2.66. The second kappa shape index (κ2) is 5.92. The summed E-state index contributed by atoms with van der Waals surface area (Å²) in [4.78, 5) is 12.2. The molecule has 0 radical (unpaired) electrons. The van der Waals surface area contributed by atoms with Crippen molar-refractivity contribution < 1.29 is 9.53 Å². The number of aryl methyl sites for hydroxylation is 1. The Morgan fingerprint density at radius 1 is 1.22 bits per heavy atom. The predicted octanol–water partition coefficient (Wildman–Crippen LogP) is 2.52. The maximum atomic E-state index is 12.2. The highest BCUT2D eigenvalue weighted by atomic mass is 16.5. The molecular formula is C17H16N4O2. The number of benzene rings is 2. The molecule has 23 heavy (non-hydrogen) atoms. The number of rotatable bonds is 3. The van der Waals surface area contributed by atoms with Crippen molar-refractivity contribution in [2.75, 3.05) is 12.8 Å². The molecule has 3 aromatic rings. The Hall–Kier alpha value is -3.15. The molecule has 2 N–H and O–H groups in total. The van der Waals surface area contributed by atoms with Crippen LogP contribution in [0.2, 0.25) is 0 Å². The van der Waals surface area contributed by atoms with Crippen LogP contribution < -0.4 is 5.73 Å². The van der Waals surface area contributed by atoms with E-state index < -0.39 is 5.97 Å². The first-order valence-corrected chi connectivity index (χ1v) is 7.03. The van der Waals surface area contributed by atoms with Crippen molar-refractivity contribution in [2.45, 2.75) is 0 Å².